The Labute approximate surface area is 168 Å². The number of benzene rings is 1. The third-order valence-corrected chi connectivity index (χ3v) is 5.82. The molecule has 9 heteroatoms. The Bertz CT molecular complexity index is 837. The van der Waals surface area contributed by atoms with E-state index >= 15 is 0 Å². The topological polar surface area (TPSA) is 52.6 Å². The summed E-state index contributed by atoms with van der Waals surface area (Å²) in [5, 5.41) is 0.497. The molecule has 1 fully saturated rings. The van der Waals surface area contributed by atoms with Crippen LogP contribution in [0.15, 0.2) is 35.4 Å². The van der Waals surface area contributed by atoms with Gasteiger partial charge >= 0.3 is 7.12 Å². The van der Waals surface area contributed by atoms with Gasteiger partial charge in [0.25, 0.3) is 0 Å². The first-order valence-corrected chi connectivity index (χ1v) is 9.60. The monoisotopic (exact) mass is 410 g/mol. The zero-order valence-corrected chi connectivity index (χ0v) is 17.4. The van der Waals surface area contributed by atoms with Crippen molar-refractivity contribution in [2.75, 3.05) is 11.8 Å². The van der Waals surface area contributed by atoms with E-state index in [9.17, 15) is 4.39 Å². The lowest BCUT2D eigenvalue weighted by molar-refractivity contribution is 0.00578. The molecular formula is C18H21BClFN2O3S. The van der Waals surface area contributed by atoms with Gasteiger partial charge in [-0.1, -0.05) is 11.6 Å². The molecule has 0 bridgehead atoms. The average molecular weight is 411 g/mol. The smallest absolute Gasteiger partial charge is 0.480 e. The molecule has 0 saturated carbocycles. The minimum atomic E-state index is -0.774. The number of nitrogens with one attached hydrogen (secondary N) is 1. The summed E-state index contributed by atoms with van der Waals surface area (Å²) in [7, 11) is 0.762. The molecule has 2 heterocycles. The number of hydrogen-bond donors (Lipinski definition) is 1. The lowest BCUT2D eigenvalue weighted by Crippen LogP contribution is -2.41. The Morgan fingerprint density at radius 2 is 1.85 bits per heavy atom. The van der Waals surface area contributed by atoms with Gasteiger partial charge in [-0.2, -0.15) is 0 Å². The molecule has 144 valence electrons. The van der Waals surface area contributed by atoms with Crippen molar-refractivity contribution in [1.82, 2.24) is 4.98 Å². The number of halogens is 2. The molecule has 0 atom stereocenters. The van der Waals surface area contributed by atoms with Gasteiger partial charge in [-0.25, -0.2) is 9.37 Å². The first-order valence-electron chi connectivity index (χ1n) is 8.40. The van der Waals surface area contributed by atoms with Crippen LogP contribution in [0.25, 0.3) is 0 Å². The molecule has 1 aromatic carbocycles. The highest BCUT2D eigenvalue weighted by Gasteiger charge is 2.52. The third kappa shape index (κ3) is 4.19. The fourth-order valence-corrected chi connectivity index (χ4v) is 3.49. The zero-order valence-electron chi connectivity index (χ0n) is 15.8. The third-order valence-electron chi connectivity index (χ3n) is 4.76. The van der Waals surface area contributed by atoms with Crippen molar-refractivity contribution in [3.63, 3.8) is 0 Å². The summed E-state index contributed by atoms with van der Waals surface area (Å²) in [5.74, 6) is 0.0660. The normalized spacial score (nSPS) is 17.8. The van der Waals surface area contributed by atoms with E-state index in [4.69, 9.17) is 25.6 Å². The first-order chi connectivity index (χ1) is 12.6. The fraction of sp³-hybridized carbons (Fsp3) is 0.389. The summed E-state index contributed by atoms with van der Waals surface area (Å²) in [6, 6.07) is 6.44. The molecule has 27 heavy (non-hydrogen) atoms. The van der Waals surface area contributed by atoms with Gasteiger partial charge in [0.2, 0.25) is 5.88 Å². The molecule has 0 spiro atoms. The summed E-state index contributed by atoms with van der Waals surface area (Å²) in [6.45, 7) is 7.73. The Morgan fingerprint density at radius 3 is 2.48 bits per heavy atom. The Kier molecular flexibility index (Phi) is 5.63. The van der Waals surface area contributed by atoms with Gasteiger partial charge in [0.15, 0.2) is 0 Å². The van der Waals surface area contributed by atoms with E-state index in [1.807, 2.05) is 27.7 Å². The van der Waals surface area contributed by atoms with Gasteiger partial charge in [0.05, 0.1) is 28.2 Å². The second-order valence-electron chi connectivity index (χ2n) is 7.19. The van der Waals surface area contributed by atoms with E-state index in [-0.39, 0.29) is 5.82 Å². The first kappa shape index (κ1) is 20.3. The number of aromatic nitrogens is 1. The Morgan fingerprint density at radius 1 is 1.19 bits per heavy atom. The lowest BCUT2D eigenvalue weighted by atomic mass is 9.78. The van der Waals surface area contributed by atoms with Crippen LogP contribution in [0.4, 0.5) is 10.1 Å². The van der Waals surface area contributed by atoms with Crippen molar-refractivity contribution in [3.05, 3.63) is 41.3 Å². The number of methoxy groups -OCH3 is 1. The summed E-state index contributed by atoms with van der Waals surface area (Å²) < 4.78 is 34.7. The molecule has 5 nitrogen and oxygen atoms in total. The minimum Gasteiger partial charge on any atom is -0.480 e. The Balaban J connectivity index is 1.80. The van der Waals surface area contributed by atoms with Crippen LogP contribution in [-0.2, 0) is 9.31 Å². The zero-order chi connectivity index (χ0) is 19.8. The van der Waals surface area contributed by atoms with E-state index in [1.54, 1.807) is 18.2 Å². The molecule has 1 N–H and O–H groups in total. The van der Waals surface area contributed by atoms with Crippen molar-refractivity contribution in [2.24, 2.45) is 0 Å². The minimum absolute atomic E-state index is 0.343. The molecule has 1 saturated heterocycles. The number of anilines is 1. The molecule has 1 aromatic heterocycles. The molecule has 0 aliphatic carbocycles. The van der Waals surface area contributed by atoms with Crippen LogP contribution in [0.3, 0.4) is 0 Å². The highest BCUT2D eigenvalue weighted by Crippen LogP contribution is 2.37. The molecule has 1 aliphatic heterocycles. The maximum Gasteiger partial charge on any atom is 0.497 e. The van der Waals surface area contributed by atoms with Gasteiger partial charge in [0.1, 0.15) is 5.82 Å². The summed E-state index contributed by atoms with van der Waals surface area (Å²) in [4.78, 5) is 4.83. The van der Waals surface area contributed by atoms with Gasteiger partial charge in [-0.15, -0.1) is 0 Å². The van der Waals surface area contributed by atoms with Crippen molar-refractivity contribution >= 4 is 41.8 Å². The maximum absolute atomic E-state index is 14.4. The second-order valence-corrected chi connectivity index (χ2v) is 8.47. The van der Waals surface area contributed by atoms with Crippen molar-refractivity contribution in [3.8, 4) is 5.88 Å². The number of ether oxygens (including phenoxy) is 1. The highest BCUT2D eigenvalue weighted by atomic mass is 35.5. The molecule has 0 amide bonds. The van der Waals surface area contributed by atoms with Crippen molar-refractivity contribution < 1.29 is 18.4 Å². The van der Waals surface area contributed by atoms with Crippen LogP contribution in [0.2, 0.25) is 5.02 Å². The van der Waals surface area contributed by atoms with Gasteiger partial charge in [-0.3, -0.25) is 0 Å². The standard InChI is InChI=1S/C18H21BClFN2O3S/c1-17(2)18(3,4)26-19(25-17)13-9-12(6-7-14(13)21)23-27-15-8-11(20)10-22-16(15)24-5/h6-10,23H,1-5H3. The SMILES string of the molecule is COc1ncc(Cl)cc1SNc1ccc(F)c(B2OC(C)(C)C(C)(C)O2)c1. The van der Waals surface area contributed by atoms with Crippen LogP contribution in [0, 0.1) is 5.82 Å². The predicted molar refractivity (Wildman–Crippen MR) is 107 cm³/mol. The summed E-state index contributed by atoms with van der Waals surface area (Å²) in [5.41, 5.74) is -0.0481. The average Bonchev–Trinajstić information content (AvgIpc) is 2.81. The number of nitrogens with zero attached hydrogens (tertiary/aromatic N) is 1. The van der Waals surface area contributed by atoms with E-state index < -0.39 is 18.3 Å². The van der Waals surface area contributed by atoms with Crippen molar-refractivity contribution in [1.29, 1.82) is 0 Å². The van der Waals surface area contributed by atoms with E-state index in [0.29, 0.717) is 26.9 Å². The van der Waals surface area contributed by atoms with Crippen LogP contribution >= 0.6 is 23.5 Å². The van der Waals surface area contributed by atoms with E-state index in [1.165, 1.54) is 31.3 Å². The largest absolute Gasteiger partial charge is 0.497 e. The molecule has 0 unspecified atom stereocenters. The van der Waals surface area contributed by atoms with Gasteiger partial charge in [-0.05, 0) is 63.9 Å². The molecule has 3 rings (SSSR count). The van der Waals surface area contributed by atoms with Crippen molar-refractivity contribution in [2.45, 2.75) is 43.8 Å². The Hall–Kier alpha value is -1.48. The quantitative estimate of drug-likeness (QED) is 0.586. The van der Waals surface area contributed by atoms with Crippen LogP contribution in [-0.4, -0.2) is 30.4 Å². The number of hydrogen-bond acceptors (Lipinski definition) is 6. The summed E-state index contributed by atoms with van der Waals surface area (Å²) >= 11 is 7.27. The molecular weight excluding hydrogens is 390 g/mol. The maximum atomic E-state index is 14.4. The van der Waals surface area contributed by atoms with E-state index in [0.717, 1.165) is 0 Å². The van der Waals surface area contributed by atoms with Gasteiger partial charge < -0.3 is 18.8 Å². The molecule has 2 aromatic rings. The second kappa shape index (κ2) is 7.51. The molecule has 0 radical (unpaired) electrons. The predicted octanol–water partition coefficient (Wildman–Crippen LogP) is 4.30. The lowest BCUT2D eigenvalue weighted by Gasteiger charge is -2.32. The van der Waals surface area contributed by atoms with Crippen LogP contribution in [0.5, 0.6) is 5.88 Å². The van der Waals surface area contributed by atoms with Crippen LogP contribution < -0.4 is 14.9 Å². The fourth-order valence-electron chi connectivity index (χ4n) is 2.51. The highest BCUT2D eigenvalue weighted by molar-refractivity contribution is 8.00. The van der Waals surface area contributed by atoms with Gasteiger partial charge in [0, 0.05) is 17.3 Å². The summed E-state index contributed by atoms with van der Waals surface area (Å²) in [6.07, 6.45) is 1.51. The van der Waals surface area contributed by atoms with Crippen LogP contribution in [0.1, 0.15) is 27.7 Å². The van der Waals surface area contributed by atoms with E-state index in [2.05, 4.69) is 9.71 Å². The number of rotatable bonds is 5. The number of pyridine rings is 1. The molecule has 1 aliphatic rings.